The summed E-state index contributed by atoms with van der Waals surface area (Å²) >= 11 is 3.33. The Kier molecular flexibility index (Phi) is 6.03. The molecular formula is C17H16BrFO5. The van der Waals surface area contributed by atoms with Gasteiger partial charge >= 0.3 is 5.97 Å². The third kappa shape index (κ3) is 3.97. The lowest BCUT2D eigenvalue weighted by molar-refractivity contribution is 0.0469. The van der Waals surface area contributed by atoms with Gasteiger partial charge in [-0.15, -0.1) is 0 Å². The van der Waals surface area contributed by atoms with Crippen molar-refractivity contribution < 1.29 is 28.1 Å². The monoisotopic (exact) mass is 398 g/mol. The van der Waals surface area contributed by atoms with E-state index in [2.05, 4.69) is 15.9 Å². The first-order valence-electron chi connectivity index (χ1n) is 6.91. The maximum Gasteiger partial charge on any atom is 0.338 e. The number of rotatable bonds is 6. The Morgan fingerprint density at radius 2 is 1.58 bits per heavy atom. The van der Waals surface area contributed by atoms with E-state index in [0.29, 0.717) is 27.3 Å². The van der Waals surface area contributed by atoms with Crippen LogP contribution in [0.5, 0.6) is 17.2 Å². The molecule has 0 aromatic heterocycles. The molecule has 0 saturated heterocycles. The number of carbonyl (C=O) groups is 1. The highest BCUT2D eigenvalue weighted by atomic mass is 79.9. The summed E-state index contributed by atoms with van der Waals surface area (Å²) < 4.78 is 34.7. The Hall–Kier alpha value is -2.28. The van der Waals surface area contributed by atoms with Crippen LogP contribution in [0.4, 0.5) is 4.39 Å². The third-order valence-corrected chi connectivity index (χ3v) is 4.06. The molecule has 0 fully saturated rings. The van der Waals surface area contributed by atoms with Gasteiger partial charge in [-0.2, -0.15) is 0 Å². The molecule has 0 bridgehead atoms. The zero-order valence-corrected chi connectivity index (χ0v) is 15.0. The van der Waals surface area contributed by atoms with E-state index in [4.69, 9.17) is 18.9 Å². The van der Waals surface area contributed by atoms with Crippen LogP contribution >= 0.6 is 15.9 Å². The highest BCUT2D eigenvalue weighted by Gasteiger charge is 2.16. The van der Waals surface area contributed by atoms with Crippen molar-refractivity contribution in [2.75, 3.05) is 21.3 Å². The predicted molar refractivity (Wildman–Crippen MR) is 89.3 cm³/mol. The average Bonchev–Trinajstić information content (AvgIpc) is 2.59. The molecule has 2 aromatic rings. The molecular weight excluding hydrogens is 383 g/mol. The fraction of sp³-hybridized carbons (Fsp3) is 0.235. The number of benzene rings is 2. The van der Waals surface area contributed by atoms with E-state index in [-0.39, 0.29) is 12.2 Å². The van der Waals surface area contributed by atoms with Gasteiger partial charge in [-0.1, -0.05) is 0 Å². The summed E-state index contributed by atoms with van der Waals surface area (Å²) in [5.74, 6) is 0.281. The molecule has 0 aliphatic carbocycles. The van der Waals surface area contributed by atoms with Crippen molar-refractivity contribution in [1.29, 1.82) is 0 Å². The van der Waals surface area contributed by atoms with Gasteiger partial charge in [0.25, 0.3) is 0 Å². The molecule has 0 unspecified atom stereocenters. The zero-order valence-electron chi connectivity index (χ0n) is 13.4. The van der Waals surface area contributed by atoms with Crippen molar-refractivity contribution >= 4 is 21.9 Å². The zero-order chi connectivity index (χ0) is 17.7. The Labute approximate surface area is 147 Å². The van der Waals surface area contributed by atoms with Crippen LogP contribution in [-0.4, -0.2) is 27.3 Å². The van der Waals surface area contributed by atoms with E-state index in [1.165, 1.54) is 51.7 Å². The molecule has 0 heterocycles. The SMILES string of the molecule is COc1ccc(F)cc1COC(=O)c1cc(OC)c(Br)c(OC)c1. The minimum atomic E-state index is -0.592. The molecule has 0 saturated carbocycles. The fourth-order valence-corrected chi connectivity index (χ4v) is 2.63. The Morgan fingerprint density at radius 3 is 2.12 bits per heavy atom. The summed E-state index contributed by atoms with van der Waals surface area (Å²) in [4.78, 5) is 12.3. The molecule has 0 aliphatic heterocycles. The van der Waals surface area contributed by atoms with Crippen LogP contribution in [0.15, 0.2) is 34.8 Å². The van der Waals surface area contributed by atoms with Gasteiger partial charge < -0.3 is 18.9 Å². The molecule has 5 nitrogen and oxygen atoms in total. The molecule has 2 rings (SSSR count). The maximum absolute atomic E-state index is 13.3. The molecule has 0 aliphatic rings. The van der Waals surface area contributed by atoms with Crippen molar-refractivity contribution in [1.82, 2.24) is 0 Å². The summed E-state index contributed by atoms with van der Waals surface area (Å²) in [6, 6.07) is 7.06. The number of halogens is 2. The molecule has 0 atom stereocenters. The molecule has 0 N–H and O–H groups in total. The first-order chi connectivity index (χ1) is 11.5. The lowest BCUT2D eigenvalue weighted by atomic mass is 10.2. The first kappa shape index (κ1) is 18.1. The molecule has 0 spiro atoms. The van der Waals surface area contributed by atoms with Crippen LogP contribution in [-0.2, 0) is 11.3 Å². The summed E-state index contributed by atoms with van der Waals surface area (Å²) in [5.41, 5.74) is 0.684. The van der Waals surface area contributed by atoms with Crippen LogP contribution < -0.4 is 14.2 Å². The highest BCUT2D eigenvalue weighted by Crippen LogP contribution is 2.35. The number of hydrogen-bond donors (Lipinski definition) is 0. The second kappa shape index (κ2) is 8.01. The smallest absolute Gasteiger partial charge is 0.338 e. The maximum atomic E-state index is 13.3. The van der Waals surface area contributed by atoms with Crippen molar-refractivity contribution in [3.05, 3.63) is 51.7 Å². The second-order valence-corrected chi connectivity index (χ2v) is 5.52. The lowest BCUT2D eigenvalue weighted by Gasteiger charge is -2.12. The van der Waals surface area contributed by atoms with E-state index >= 15 is 0 Å². The normalized spacial score (nSPS) is 10.2. The van der Waals surface area contributed by atoms with Crippen LogP contribution in [0.3, 0.4) is 0 Å². The van der Waals surface area contributed by atoms with Crippen LogP contribution in [0.1, 0.15) is 15.9 Å². The minimum Gasteiger partial charge on any atom is -0.496 e. The van der Waals surface area contributed by atoms with E-state index in [1.807, 2.05) is 0 Å². The van der Waals surface area contributed by atoms with Crippen molar-refractivity contribution in [2.24, 2.45) is 0 Å². The molecule has 0 amide bonds. The standard InChI is InChI=1S/C17H16BrFO5/c1-21-13-5-4-12(19)6-11(13)9-24-17(20)10-7-14(22-2)16(18)15(8-10)23-3/h4-8H,9H2,1-3H3. The van der Waals surface area contributed by atoms with Crippen LogP contribution in [0.2, 0.25) is 0 Å². The second-order valence-electron chi connectivity index (χ2n) is 4.73. The largest absolute Gasteiger partial charge is 0.496 e. The van der Waals surface area contributed by atoms with Gasteiger partial charge in [0.2, 0.25) is 0 Å². The Balaban J connectivity index is 2.20. The molecule has 2 aromatic carbocycles. The van der Waals surface area contributed by atoms with Crippen molar-refractivity contribution in [3.8, 4) is 17.2 Å². The van der Waals surface area contributed by atoms with Gasteiger partial charge in [0, 0.05) is 5.56 Å². The summed E-state index contributed by atoms with van der Waals surface area (Å²) in [6.07, 6.45) is 0. The summed E-state index contributed by atoms with van der Waals surface area (Å²) in [7, 11) is 4.42. The van der Waals surface area contributed by atoms with Crippen LogP contribution in [0, 0.1) is 5.82 Å². The quantitative estimate of drug-likeness (QED) is 0.689. The first-order valence-corrected chi connectivity index (χ1v) is 7.70. The summed E-state index contributed by atoms with van der Waals surface area (Å²) in [5, 5.41) is 0. The number of hydrogen-bond acceptors (Lipinski definition) is 5. The highest BCUT2D eigenvalue weighted by molar-refractivity contribution is 9.10. The minimum absolute atomic E-state index is 0.125. The van der Waals surface area contributed by atoms with Gasteiger partial charge in [0.05, 0.1) is 26.9 Å². The molecule has 24 heavy (non-hydrogen) atoms. The van der Waals surface area contributed by atoms with Gasteiger partial charge in [-0.3, -0.25) is 0 Å². The number of esters is 1. The van der Waals surface area contributed by atoms with Gasteiger partial charge in [0.1, 0.15) is 34.1 Å². The molecule has 128 valence electrons. The number of methoxy groups -OCH3 is 3. The third-order valence-electron chi connectivity index (χ3n) is 3.28. The van der Waals surface area contributed by atoms with Crippen LogP contribution in [0.25, 0.3) is 0 Å². The average molecular weight is 399 g/mol. The Bertz CT molecular complexity index is 723. The van der Waals surface area contributed by atoms with Gasteiger partial charge in [0.15, 0.2) is 0 Å². The molecule has 7 heteroatoms. The van der Waals surface area contributed by atoms with E-state index < -0.39 is 11.8 Å². The van der Waals surface area contributed by atoms with E-state index in [0.717, 1.165) is 0 Å². The van der Waals surface area contributed by atoms with Crippen molar-refractivity contribution in [2.45, 2.75) is 6.61 Å². The van der Waals surface area contributed by atoms with Gasteiger partial charge in [-0.05, 0) is 46.3 Å². The number of ether oxygens (including phenoxy) is 4. The Morgan fingerprint density at radius 1 is 1.00 bits per heavy atom. The summed E-state index contributed by atoms with van der Waals surface area (Å²) in [6.45, 7) is -0.125. The van der Waals surface area contributed by atoms with E-state index in [1.54, 1.807) is 0 Å². The lowest BCUT2D eigenvalue weighted by Crippen LogP contribution is -2.07. The van der Waals surface area contributed by atoms with Gasteiger partial charge in [-0.25, -0.2) is 9.18 Å². The predicted octanol–water partition coefficient (Wildman–Crippen LogP) is 3.97. The van der Waals surface area contributed by atoms with E-state index in [9.17, 15) is 9.18 Å². The fourth-order valence-electron chi connectivity index (χ4n) is 2.07. The topological polar surface area (TPSA) is 54.0 Å². The van der Waals surface area contributed by atoms with Crippen molar-refractivity contribution in [3.63, 3.8) is 0 Å². The number of carbonyl (C=O) groups excluding carboxylic acids is 1. The molecule has 0 radical (unpaired) electrons.